The Bertz CT molecular complexity index is 962. The number of rotatable bonds is 4. The van der Waals surface area contributed by atoms with Crippen molar-refractivity contribution in [3.8, 4) is 17.0 Å². The maximum absolute atomic E-state index is 5.22. The summed E-state index contributed by atoms with van der Waals surface area (Å²) in [6.07, 6.45) is 5.54. The first-order valence-electron chi connectivity index (χ1n) is 7.64. The first-order valence-corrected chi connectivity index (χ1v) is 7.64. The Morgan fingerprint density at radius 2 is 1.75 bits per heavy atom. The molecule has 0 saturated carbocycles. The minimum Gasteiger partial charge on any atom is -0.497 e. The van der Waals surface area contributed by atoms with Crippen molar-refractivity contribution in [3.63, 3.8) is 0 Å². The Hall–Kier alpha value is -3.34. The molecule has 0 amide bonds. The van der Waals surface area contributed by atoms with Crippen LogP contribution < -0.4 is 10.1 Å². The average Bonchev–Trinajstić information content (AvgIpc) is 3.08. The number of para-hydroxylation sites is 1. The molecule has 2 aromatic heterocycles. The zero-order valence-electron chi connectivity index (χ0n) is 13.2. The highest BCUT2D eigenvalue weighted by Crippen LogP contribution is 2.26. The standard InChI is InChI=1S/C19H16N4O/c1-24-16-9-7-14(8-10-16)17-13-21-19-18(20-11-12-23(17)19)22-15-5-3-2-4-6-15/h2-13H,1H3,(H,20,22). The van der Waals surface area contributed by atoms with Crippen LogP contribution >= 0.6 is 0 Å². The molecule has 4 aromatic rings. The first-order chi connectivity index (χ1) is 11.8. The normalized spacial score (nSPS) is 10.7. The van der Waals surface area contributed by atoms with Crippen LogP contribution in [0.1, 0.15) is 0 Å². The Balaban J connectivity index is 1.75. The smallest absolute Gasteiger partial charge is 0.180 e. The van der Waals surface area contributed by atoms with Crippen LogP contribution in [0, 0.1) is 0 Å². The summed E-state index contributed by atoms with van der Waals surface area (Å²) in [6, 6.07) is 17.9. The van der Waals surface area contributed by atoms with Gasteiger partial charge in [-0.3, -0.25) is 4.40 Å². The highest BCUT2D eigenvalue weighted by Gasteiger charge is 2.10. The number of fused-ring (bicyclic) bond motifs is 1. The summed E-state index contributed by atoms with van der Waals surface area (Å²) in [5, 5.41) is 3.32. The second-order valence-corrected chi connectivity index (χ2v) is 5.33. The van der Waals surface area contributed by atoms with Gasteiger partial charge in [-0.15, -0.1) is 0 Å². The Kier molecular flexibility index (Phi) is 3.59. The molecule has 0 fully saturated rings. The zero-order chi connectivity index (χ0) is 16.4. The third-order valence-electron chi connectivity index (χ3n) is 3.85. The van der Waals surface area contributed by atoms with E-state index in [9.17, 15) is 0 Å². The Labute approximate surface area is 139 Å². The molecule has 1 N–H and O–H groups in total. The Morgan fingerprint density at radius 1 is 0.958 bits per heavy atom. The number of hydrogen-bond acceptors (Lipinski definition) is 4. The molecular formula is C19H16N4O. The number of ether oxygens (including phenoxy) is 1. The van der Waals surface area contributed by atoms with Gasteiger partial charge in [0.05, 0.1) is 19.0 Å². The van der Waals surface area contributed by atoms with Gasteiger partial charge in [-0.2, -0.15) is 0 Å². The third kappa shape index (κ3) is 2.56. The van der Waals surface area contributed by atoms with Crippen LogP contribution in [0.4, 0.5) is 11.5 Å². The van der Waals surface area contributed by atoms with Gasteiger partial charge >= 0.3 is 0 Å². The molecular weight excluding hydrogens is 300 g/mol. The zero-order valence-corrected chi connectivity index (χ0v) is 13.2. The van der Waals surface area contributed by atoms with Gasteiger partial charge in [-0.25, -0.2) is 9.97 Å². The quantitative estimate of drug-likeness (QED) is 0.614. The molecule has 2 aromatic carbocycles. The number of imidazole rings is 1. The molecule has 0 aliphatic heterocycles. The highest BCUT2D eigenvalue weighted by atomic mass is 16.5. The summed E-state index contributed by atoms with van der Waals surface area (Å²) in [5.41, 5.74) is 3.84. The number of benzene rings is 2. The molecule has 0 spiro atoms. The van der Waals surface area contributed by atoms with E-state index < -0.39 is 0 Å². The fourth-order valence-corrected chi connectivity index (χ4v) is 2.64. The van der Waals surface area contributed by atoms with E-state index in [0.717, 1.165) is 34.2 Å². The SMILES string of the molecule is COc1ccc(-c2cnc3c(Nc4ccccc4)nccn23)cc1. The predicted molar refractivity (Wildman–Crippen MR) is 94.7 cm³/mol. The van der Waals surface area contributed by atoms with E-state index in [1.165, 1.54) is 0 Å². The van der Waals surface area contributed by atoms with Crippen molar-refractivity contribution in [2.45, 2.75) is 0 Å². The van der Waals surface area contributed by atoms with Gasteiger partial charge in [0.25, 0.3) is 0 Å². The molecule has 2 heterocycles. The number of nitrogens with one attached hydrogen (secondary N) is 1. The van der Waals surface area contributed by atoms with Crippen LogP contribution in [-0.4, -0.2) is 21.5 Å². The lowest BCUT2D eigenvalue weighted by Gasteiger charge is -2.08. The van der Waals surface area contributed by atoms with Gasteiger partial charge in [-0.05, 0) is 36.4 Å². The van der Waals surface area contributed by atoms with Crippen LogP contribution in [0.3, 0.4) is 0 Å². The molecule has 0 aliphatic carbocycles. The van der Waals surface area contributed by atoms with Gasteiger partial charge in [-0.1, -0.05) is 18.2 Å². The number of anilines is 2. The maximum atomic E-state index is 5.22. The second kappa shape index (κ2) is 6.04. The molecule has 118 valence electrons. The summed E-state index contributed by atoms with van der Waals surface area (Å²) >= 11 is 0. The summed E-state index contributed by atoms with van der Waals surface area (Å²) in [6.45, 7) is 0. The van der Waals surface area contributed by atoms with E-state index in [1.807, 2.05) is 71.4 Å². The maximum Gasteiger partial charge on any atom is 0.180 e. The number of aromatic nitrogens is 3. The molecule has 5 nitrogen and oxygen atoms in total. The number of nitrogens with zero attached hydrogens (tertiary/aromatic N) is 3. The third-order valence-corrected chi connectivity index (χ3v) is 3.85. The van der Waals surface area contributed by atoms with Gasteiger partial charge in [0, 0.05) is 23.6 Å². The number of hydrogen-bond donors (Lipinski definition) is 1. The van der Waals surface area contributed by atoms with Crippen molar-refractivity contribution in [2.24, 2.45) is 0 Å². The fourth-order valence-electron chi connectivity index (χ4n) is 2.64. The van der Waals surface area contributed by atoms with E-state index in [-0.39, 0.29) is 0 Å². The highest BCUT2D eigenvalue weighted by molar-refractivity contribution is 5.74. The minimum atomic E-state index is 0.725. The van der Waals surface area contributed by atoms with Crippen molar-refractivity contribution < 1.29 is 4.74 Å². The van der Waals surface area contributed by atoms with Crippen molar-refractivity contribution in [2.75, 3.05) is 12.4 Å². The molecule has 5 heteroatoms. The molecule has 0 bridgehead atoms. The lowest BCUT2D eigenvalue weighted by Crippen LogP contribution is -1.98. The van der Waals surface area contributed by atoms with Crippen molar-refractivity contribution in [1.29, 1.82) is 0 Å². The predicted octanol–water partition coefficient (Wildman–Crippen LogP) is 4.15. The van der Waals surface area contributed by atoms with Gasteiger partial charge in [0.15, 0.2) is 11.5 Å². The molecule has 24 heavy (non-hydrogen) atoms. The molecule has 0 atom stereocenters. The lowest BCUT2D eigenvalue weighted by molar-refractivity contribution is 0.415. The fraction of sp³-hybridized carbons (Fsp3) is 0.0526. The molecule has 0 unspecified atom stereocenters. The van der Waals surface area contributed by atoms with E-state index in [0.29, 0.717) is 0 Å². The van der Waals surface area contributed by atoms with Crippen LogP contribution in [0.25, 0.3) is 16.9 Å². The topological polar surface area (TPSA) is 51.5 Å². The molecule has 0 aliphatic rings. The van der Waals surface area contributed by atoms with Gasteiger partial charge < -0.3 is 10.1 Å². The molecule has 0 radical (unpaired) electrons. The molecule has 4 rings (SSSR count). The van der Waals surface area contributed by atoms with Crippen molar-refractivity contribution in [3.05, 3.63) is 73.2 Å². The van der Waals surface area contributed by atoms with Crippen molar-refractivity contribution in [1.82, 2.24) is 14.4 Å². The summed E-state index contributed by atoms with van der Waals surface area (Å²) in [5.74, 6) is 1.56. The first kappa shape index (κ1) is 14.3. The number of methoxy groups -OCH3 is 1. The van der Waals surface area contributed by atoms with Crippen molar-refractivity contribution >= 4 is 17.2 Å². The lowest BCUT2D eigenvalue weighted by atomic mass is 10.1. The second-order valence-electron chi connectivity index (χ2n) is 5.33. The Morgan fingerprint density at radius 3 is 2.50 bits per heavy atom. The van der Waals surface area contributed by atoms with Crippen LogP contribution in [0.15, 0.2) is 73.2 Å². The van der Waals surface area contributed by atoms with E-state index in [2.05, 4.69) is 15.3 Å². The molecule has 0 saturated heterocycles. The largest absolute Gasteiger partial charge is 0.497 e. The van der Waals surface area contributed by atoms with Crippen LogP contribution in [0.2, 0.25) is 0 Å². The monoisotopic (exact) mass is 316 g/mol. The van der Waals surface area contributed by atoms with Crippen LogP contribution in [-0.2, 0) is 0 Å². The average molecular weight is 316 g/mol. The van der Waals surface area contributed by atoms with E-state index in [4.69, 9.17) is 4.74 Å². The minimum absolute atomic E-state index is 0.725. The van der Waals surface area contributed by atoms with Gasteiger partial charge in [0.1, 0.15) is 5.75 Å². The van der Waals surface area contributed by atoms with Gasteiger partial charge in [0.2, 0.25) is 0 Å². The summed E-state index contributed by atoms with van der Waals surface area (Å²) in [4.78, 5) is 8.96. The van der Waals surface area contributed by atoms with E-state index in [1.54, 1.807) is 13.3 Å². The summed E-state index contributed by atoms with van der Waals surface area (Å²) < 4.78 is 7.24. The van der Waals surface area contributed by atoms with E-state index >= 15 is 0 Å². The summed E-state index contributed by atoms with van der Waals surface area (Å²) in [7, 11) is 1.66. The van der Waals surface area contributed by atoms with Crippen LogP contribution in [0.5, 0.6) is 5.75 Å².